The molecule has 1 heterocycles. The fraction of sp³-hybridized carbons (Fsp3) is 0.286. The molecule has 0 atom stereocenters. The predicted molar refractivity (Wildman–Crippen MR) is 46.9 cm³/mol. The maximum absolute atomic E-state index is 12.1. The van der Waals surface area contributed by atoms with Gasteiger partial charge in [-0.15, -0.1) is 0 Å². The van der Waals surface area contributed by atoms with Crippen molar-refractivity contribution in [1.29, 1.82) is 0 Å². The monoisotopic (exact) mass is 323 g/mol. The molecule has 78 valence electrons. The van der Waals surface area contributed by atoms with Gasteiger partial charge in [0.25, 0.3) is 6.43 Å². The van der Waals surface area contributed by atoms with Crippen molar-refractivity contribution in [1.82, 2.24) is 4.98 Å². The van der Waals surface area contributed by atoms with E-state index in [0.717, 1.165) is 0 Å². The van der Waals surface area contributed by atoms with Gasteiger partial charge in [-0.1, -0.05) is 0 Å². The van der Waals surface area contributed by atoms with Crippen molar-refractivity contribution in [2.75, 3.05) is 0 Å². The lowest BCUT2D eigenvalue weighted by Gasteiger charge is -2.08. The quantitative estimate of drug-likeness (QED) is 0.437. The van der Waals surface area contributed by atoms with Crippen molar-refractivity contribution in [3.8, 4) is 0 Å². The summed E-state index contributed by atoms with van der Waals surface area (Å²) in [5.41, 5.74) is -1.96. The average molecular weight is 323 g/mol. The smallest absolute Gasteiger partial charge is 0.241 e. The van der Waals surface area contributed by atoms with Gasteiger partial charge in [0.05, 0.1) is 5.56 Å². The van der Waals surface area contributed by atoms with Crippen molar-refractivity contribution < 1.29 is 22.0 Å². The molecular weight excluding hydrogens is 320 g/mol. The first-order valence-corrected chi connectivity index (χ1v) is 4.41. The maximum Gasteiger partial charge on any atom is 0.416 e. The van der Waals surface area contributed by atoms with Crippen LogP contribution in [0.2, 0.25) is 0 Å². The highest BCUT2D eigenvalue weighted by Crippen LogP contribution is 2.31. The van der Waals surface area contributed by atoms with Crippen LogP contribution in [0, 0.1) is 3.70 Å². The van der Waals surface area contributed by atoms with E-state index in [9.17, 15) is 22.0 Å². The Bertz CT molecular complexity index is 335. The lowest BCUT2D eigenvalue weighted by molar-refractivity contribution is -0.137. The SMILES string of the molecule is FC(F)c1cc(C(F)(F)F)cc(I)n1. The van der Waals surface area contributed by atoms with E-state index in [-0.39, 0.29) is 3.70 Å². The molecule has 0 saturated carbocycles. The van der Waals surface area contributed by atoms with Crippen molar-refractivity contribution in [3.63, 3.8) is 0 Å². The molecule has 0 radical (unpaired) electrons. The highest BCUT2D eigenvalue weighted by atomic mass is 127. The molecule has 0 aromatic carbocycles. The molecule has 0 unspecified atom stereocenters. The zero-order valence-electron chi connectivity index (χ0n) is 6.45. The lowest BCUT2D eigenvalue weighted by Crippen LogP contribution is -2.07. The van der Waals surface area contributed by atoms with Gasteiger partial charge in [0.2, 0.25) is 0 Å². The maximum atomic E-state index is 12.1. The Morgan fingerprint density at radius 1 is 1.21 bits per heavy atom. The molecule has 0 bridgehead atoms. The van der Waals surface area contributed by atoms with Gasteiger partial charge in [0.15, 0.2) is 0 Å². The number of hydrogen-bond acceptors (Lipinski definition) is 1. The Kier molecular flexibility index (Phi) is 3.28. The van der Waals surface area contributed by atoms with Crippen LogP contribution in [-0.4, -0.2) is 4.98 Å². The summed E-state index contributed by atoms with van der Waals surface area (Å²) >= 11 is 1.46. The first-order valence-electron chi connectivity index (χ1n) is 3.33. The number of nitrogens with zero attached hydrogens (tertiary/aromatic N) is 1. The van der Waals surface area contributed by atoms with E-state index in [1.54, 1.807) is 0 Å². The third kappa shape index (κ3) is 2.76. The Balaban J connectivity index is 3.21. The second-order valence-electron chi connectivity index (χ2n) is 2.40. The minimum Gasteiger partial charge on any atom is -0.241 e. The van der Waals surface area contributed by atoms with Crippen LogP contribution in [-0.2, 0) is 6.18 Å². The van der Waals surface area contributed by atoms with E-state index in [1.807, 2.05) is 0 Å². The summed E-state index contributed by atoms with van der Waals surface area (Å²) in [5, 5.41) is 0. The summed E-state index contributed by atoms with van der Waals surface area (Å²) in [6, 6.07) is 1.07. The fourth-order valence-corrected chi connectivity index (χ4v) is 1.41. The van der Waals surface area contributed by atoms with Crippen LogP contribution in [0.4, 0.5) is 22.0 Å². The number of aromatic nitrogens is 1. The van der Waals surface area contributed by atoms with Crippen LogP contribution < -0.4 is 0 Å². The second kappa shape index (κ2) is 3.95. The molecule has 0 amide bonds. The predicted octanol–water partition coefficient (Wildman–Crippen LogP) is 3.64. The number of rotatable bonds is 1. The second-order valence-corrected chi connectivity index (χ2v) is 3.51. The van der Waals surface area contributed by atoms with Gasteiger partial charge in [0, 0.05) is 0 Å². The molecule has 7 heteroatoms. The Morgan fingerprint density at radius 2 is 1.79 bits per heavy atom. The molecule has 0 aliphatic rings. The van der Waals surface area contributed by atoms with Gasteiger partial charge in [0.1, 0.15) is 9.39 Å². The molecular formula is C7H3F5IN. The number of halogens is 6. The van der Waals surface area contributed by atoms with Gasteiger partial charge < -0.3 is 0 Å². The van der Waals surface area contributed by atoms with Gasteiger partial charge in [-0.25, -0.2) is 13.8 Å². The minimum absolute atomic E-state index is 0.104. The molecule has 0 N–H and O–H groups in total. The van der Waals surface area contributed by atoms with Gasteiger partial charge in [-0.2, -0.15) is 13.2 Å². The van der Waals surface area contributed by atoms with Crippen molar-refractivity contribution in [2.24, 2.45) is 0 Å². The van der Waals surface area contributed by atoms with Gasteiger partial charge >= 0.3 is 6.18 Å². The molecule has 0 saturated heterocycles. The van der Waals surface area contributed by atoms with E-state index in [1.165, 1.54) is 22.6 Å². The third-order valence-corrected chi connectivity index (χ3v) is 1.92. The van der Waals surface area contributed by atoms with Crippen LogP contribution in [0.15, 0.2) is 12.1 Å². The molecule has 1 rings (SSSR count). The molecule has 1 aromatic rings. The first kappa shape index (κ1) is 11.6. The summed E-state index contributed by atoms with van der Waals surface area (Å²) in [7, 11) is 0. The minimum atomic E-state index is -4.62. The molecule has 1 aromatic heterocycles. The standard InChI is InChI=1S/C7H3F5IN/c8-6(9)4-1-3(7(10,11)12)2-5(13)14-4/h1-2,6H. The topological polar surface area (TPSA) is 12.9 Å². The zero-order chi connectivity index (χ0) is 10.9. The van der Waals surface area contributed by atoms with E-state index < -0.39 is 23.9 Å². The van der Waals surface area contributed by atoms with E-state index in [2.05, 4.69) is 4.98 Å². The molecule has 0 aliphatic heterocycles. The van der Waals surface area contributed by atoms with E-state index in [0.29, 0.717) is 12.1 Å². The molecule has 0 aliphatic carbocycles. The molecule has 14 heavy (non-hydrogen) atoms. The zero-order valence-corrected chi connectivity index (χ0v) is 8.60. The van der Waals surface area contributed by atoms with Crippen molar-refractivity contribution in [2.45, 2.75) is 12.6 Å². The average Bonchev–Trinajstić information content (AvgIpc) is 2.01. The summed E-state index contributed by atoms with van der Waals surface area (Å²) in [6.07, 6.45) is -7.61. The van der Waals surface area contributed by atoms with E-state index in [4.69, 9.17) is 0 Å². The fourth-order valence-electron chi connectivity index (χ4n) is 0.793. The van der Waals surface area contributed by atoms with Crippen LogP contribution in [0.5, 0.6) is 0 Å². The van der Waals surface area contributed by atoms with Crippen LogP contribution in [0.25, 0.3) is 0 Å². The highest BCUT2D eigenvalue weighted by Gasteiger charge is 2.32. The normalized spacial score (nSPS) is 12.2. The summed E-state index contributed by atoms with van der Waals surface area (Å²) < 4.78 is 60.5. The Labute approximate surface area is 89.5 Å². The lowest BCUT2D eigenvalue weighted by atomic mass is 10.2. The summed E-state index contributed by atoms with van der Waals surface area (Å²) in [4.78, 5) is 3.28. The summed E-state index contributed by atoms with van der Waals surface area (Å²) in [5.74, 6) is 0. The number of hydrogen-bond donors (Lipinski definition) is 0. The Hall–Kier alpha value is -0.470. The third-order valence-electron chi connectivity index (χ3n) is 1.36. The Morgan fingerprint density at radius 3 is 2.21 bits per heavy atom. The number of pyridine rings is 1. The number of alkyl halides is 5. The molecule has 0 fully saturated rings. The van der Waals surface area contributed by atoms with Crippen molar-refractivity contribution in [3.05, 3.63) is 27.1 Å². The van der Waals surface area contributed by atoms with Gasteiger partial charge in [-0.3, -0.25) is 0 Å². The molecule has 1 nitrogen and oxygen atoms in total. The molecule has 0 spiro atoms. The van der Waals surface area contributed by atoms with E-state index >= 15 is 0 Å². The van der Waals surface area contributed by atoms with Crippen LogP contribution in [0.3, 0.4) is 0 Å². The van der Waals surface area contributed by atoms with Gasteiger partial charge in [-0.05, 0) is 34.7 Å². The summed E-state index contributed by atoms with van der Waals surface area (Å²) in [6.45, 7) is 0. The van der Waals surface area contributed by atoms with Crippen LogP contribution in [0.1, 0.15) is 17.7 Å². The largest absolute Gasteiger partial charge is 0.416 e. The van der Waals surface area contributed by atoms with Crippen molar-refractivity contribution >= 4 is 22.6 Å². The highest BCUT2D eigenvalue weighted by molar-refractivity contribution is 14.1. The first-order chi connectivity index (χ1) is 6.30. The van der Waals surface area contributed by atoms with Crippen LogP contribution >= 0.6 is 22.6 Å².